The van der Waals surface area contributed by atoms with Gasteiger partial charge in [-0.25, -0.2) is 4.98 Å². The molecule has 1 amide bonds. The van der Waals surface area contributed by atoms with E-state index >= 15 is 0 Å². The Morgan fingerprint density at radius 1 is 1.17 bits per heavy atom. The number of anilines is 1. The summed E-state index contributed by atoms with van der Waals surface area (Å²) in [6.45, 7) is 5.94. The van der Waals surface area contributed by atoms with Gasteiger partial charge in [0.05, 0.1) is 16.3 Å². The third kappa shape index (κ3) is 3.40. The van der Waals surface area contributed by atoms with Crippen molar-refractivity contribution in [2.75, 3.05) is 5.32 Å². The van der Waals surface area contributed by atoms with Crippen LogP contribution in [0.25, 0.3) is 11.0 Å². The van der Waals surface area contributed by atoms with Crippen LogP contribution in [0.2, 0.25) is 0 Å². The fourth-order valence-corrected chi connectivity index (χ4v) is 3.15. The molecule has 0 unspecified atom stereocenters. The zero-order valence-electron chi connectivity index (χ0n) is 13.4. The number of nitrogens with zero attached hydrogens (tertiary/aromatic N) is 1. The third-order valence-electron chi connectivity index (χ3n) is 3.89. The summed E-state index contributed by atoms with van der Waals surface area (Å²) in [5.41, 5.74) is 5.03. The van der Waals surface area contributed by atoms with Gasteiger partial charge in [-0.1, -0.05) is 36.0 Å². The predicted molar refractivity (Wildman–Crippen MR) is 96.0 cm³/mol. The van der Waals surface area contributed by atoms with Gasteiger partial charge in [0.2, 0.25) is 5.91 Å². The molecule has 0 aliphatic carbocycles. The number of carbonyl (C=O) groups is 1. The van der Waals surface area contributed by atoms with Gasteiger partial charge in [0.15, 0.2) is 5.16 Å². The lowest BCUT2D eigenvalue weighted by Gasteiger charge is -2.13. The Balaban J connectivity index is 1.71. The minimum absolute atomic E-state index is 0.0239. The minimum atomic E-state index is -0.240. The molecule has 0 saturated carbocycles. The number of imidazole rings is 1. The number of amides is 1. The average Bonchev–Trinajstić information content (AvgIpc) is 2.93. The molecule has 0 radical (unpaired) electrons. The largest absolute Gasteiger partial charge is 0.333 e. The molecule has 4 nitrogen and oxygen atoms in total. The molecular weight excluding hydrogens is 306 g/mol. The number of benzene rings is 2. The van der Waals surface area contributed by atoms with Crippen LogP contribution in [0.5, 0.6) is 0 Å². The van der Waals surface area contributed by atoms with E-state index in [2.05, 4.69) is 15.3 Å². The van der Waals surface area contributed by atoms with Gasteiger partial charge in [0.1, 0.15) is 0 Å². The van der Waals surface area contributed by atoms with E-state index < -0.39 is 0 Å². The number of aromatic nitrogens is 2. The Bertz CT molecular complexity index is 823. The molecule has 1 heterocycles. The Hall–Kier alpha value is -2.27. The van der Waals surface area contributed by atoms with Gasteiger partial charge >= 0.3 is 0 Å². The maximum absolute atomic E-state index is 12.4. The number of thioether (sulfide) groups is 1. The molecule has 0 saturated heterocycles. The van der Waals surface area contributed by atoms with E-state index in [4.69, 9.17) is 0 Å². The molecule has 2 N–H and O–H groups in total. The predicted octanol–water partition coefficient (Wildman–Crippen LogP) is 4.30. The van der Waals surface area contributed by atoms with E-state index in [1.54, 1.807) is 0 Å². The topological polar surface area (TPSA) is 57.8 Å². The van der Waals surface area contributed by atoms with Crippen LogP contribution in [-0.4, -0.2) is 21.1 Å². The second-order valence-electron chi connectivity index (χ2n) is 5.56. The number of nitrogens with one attached hydrogen (secondary N) is 2. The van der Waals surface area contributed by atoms with Crippen LogP contribution in [-0.2, 0) is 4.79 Å². The zero-order chi connectivity index (χ0) is 16.4. The highest BCUT2D eigenvalue weighted by atomic mass is 32.2. The summed E-state index contributed by atoms with van der Waals surface area (Å²) in [6, 6.07) is 13.8. The van der Waals surface area contributed by atoms with Gasteiger partial charge in [-0.15, -0.1) is 0 Å². The number of carbonyl (C=O) groups excluding carboxylic acids is 1. The SMILES string of the molecule is Cc1cccc(NC(=O)[C@H](C)Sc2nc3ccccc3[nH]2)c1C. The van der Waals surface area contributed by atoms with Crippen LogP contribution >= 0.6 is 11.8 Å². The molecule has 0 fully saturated rings. The lowest BCUT2D eigenvalue weighted by molar-refractivity contribution is -0.115. The Morgan fingerprint density at radius 3 is 2.74 bits per heavy atom. The second kappa shape index (κ2) is 6.46. The van der Waals surface area contributed by atoms with Gasteiger partial charge in [0.25, 0.3) is 0 Å². The molecule has 118 valence electrons. The number of rotatable bonds is 4. The molecule has 3 aromatic rings. The molecule has 0 aliphatic heterocycles. The van der Waals surface area contributed by atoms with Crippen molar-refractivity contribution in [2.24, 2.45) is 0 Å². The van der Waals surface area contributed by atoms with E-state index in [1.165, 1.54) is 17.3 Å². The monoisotopic (exact) mass is 325 g/mol. The lowest BCUT2D eigenvalue weighted by atomic mass is 10.1. The van der Waals surface area contributed by atoms with E-state index in [0.29, 0.717) is 0 Å². The molecule has 2 aromatic carbocycles. The first kappa shape index (κ1) is 15.6. The van der Waals surface area contributed by atoms with Crippen molar-refractivity contribution in [3.05, 3.63) is 53.6 Å². The first-order valence-corrected chi connectivity index (χ1v) is 8.41. The zero-order valence-corrected chi connectivity index (χ0v) is 14.2. The molecule has 0 spiro atoms. The first-order valence-electron chi connectivity index (χ1n) is 7.53. The summed E-state index contributed by atoms with van der Waals surface area (Å²) in [5.74, 6) is -0.0239. The maximum Gasteiger partial charge on any atom is 0.237 e. The number of aromatic amines is 1. The highest BCUT2D eigenvalue weighted by Gasteiger charge is 2.17. The third-order valence-corrected chi connectivity index (χ3v) is 4.87. The van der Waals surface area contributed by atoms with E-state index in [9.17, 15) is 4.79 Å². The lowest BCUT2D eigenvalue weighted by Crippen LogP contribution is -2.23. The molecule has 23 heavy (non-hydrogen) atoms. The molecular formula is C18H19N3OS. The maximum atomic E-state index is 12.4. The van der Waals surface area contributed by atoms with Gasteiger partial charge < -0.3 is 10.3 Å². The van der Waals surface area contributed by atoms with Crippen molar-refractivity contribution in [1.82, 2.24) is 9.97 Å². The molecule has 3 rings (SSSR count). The van der Waals surface area contributed by atoms with Gasteiger partial charge in [-0.05, 0) is 50.1 Å². The first-order chi connectivity index (χ1) is 11.0. The summed E-state index contributed by atoms with van der Waals surface area (Å²) >= 11 is 1.43. The van der Waals surface area contributed by atoms with Crippen LogP contribution in [0.1, 0.15) is 18.1 Å². The Kier molecular flexibility index (Phi) is 4.39. The van der Waals surface area contributed by atoms with E-state index in [0.717, 1.165) is 27.4 Å². The highest BCUT2D eigenvalue weighted by molar-refractivity contribution is 8.00. The fourth-order valence-electron chi connectivity index (χ4n) is 2.33. The molecule has 0 aliphatic rings. The number of H-pyrrole nitrogens is 1. The van der Waals surface area contributed by atoms with Crippen molar-refractivity contribution in [2.45, 2.75) is 31.2 Å². The van der Waals surface area contributed by atoms with Gasteiger partial charge in [-0.3, -0.25) is 4.79 Å². The van der Waals surface area contributed by atoms with Crippen LogP contribution in [0.4, 0.5) is 5.69 Å². The highest BCUT2D eigenvalue weighted by Crippen LogP contribution is 2.25. The summed E-state index contributed by atoms with van der Waals surface area (Å²) in [6.07, 6.45) is 0. The van der Waals surface area contributed by atoms with Crippen molar-refractivity contribution in [3.63, 3.8) is 0 Å². The molecule has 1 atom stereocenters. The Morgan fingerprint density at radius 2 is 1.96 bits per heavy atom. The normalized spacial score (nSPS) is 12.3. The standard InChI is InChI=1S/C18H19N3OS/c1-11-7-6-10-14(12(11)2)19-17(22)13(3)23-18-20-15-8-4-5-9-16(15)21-18/h4-10,13H,1-3H3,(H,19,22)(H,20,21)/t13-/m0/s1. The quantitative estimate of drug-likeness (QED) is 0.703. The summed E-state index contributed by atoms with van der Waals surface area (Å²) < 4.78 is 0. The van der Waals surface area contributed by atoms with E-state index in [1.807, 2.05) is 63.2 Å². The van der Waals surface area contributed by atoms with Crippen LogP contribution < -0.4 is 5.32 Å². The summed E-state index contributed by atoms with van der Waals surface area (Å²) in [5, 5.41) is 3.52. The van der Waals surface area contributed by atoms with Crippen LogP contribution in [0.3, 0.4) is 0 Å². The summed E-state index contributed by atoms with van der Waals surface area (Å²) in [7, 11) is 0. The molecule has 0 bridgehead atoms. The number of aryl methyl sites for hydroxylation is 1. The number of hydrogen-bond donors (Lipinski definition) is 2. The van der Waals surface area contributed by atoms with E-state index in [-0.39, 0.29) is 11.2 Å². The Labute approximate surface area is 139 Å². The summed E-state index contributed by atoms with van der Waals surface area (Å²) in [4.78, 5) is 20.2. The average molecular weight is 325 g/mol. The van der Waals surface area contributed by atoms with Gasteiger partial charge in [-0.2, -0.15) is 0 Å². The van der Waals surface area contributed by atoms with Crippen molar-refractivity contribution in [1.29, 1.82) is 0 Å². The molecule has 5 heteroatoms. The second-order valence-corrected chi connectivity index (χ2v) is 6.89. The van der Waals surface area contributed by atoms with Gasteiger partial charge in [0, 0.05) is 5.69 Å². The van der Waals surface area contributed by atoms with Crippen molar-refractivity contribution in [3.8, 4) is 0 Å². The number of fused-ring (bicyclic) bond motifs is 1. The minimum Gasteiger partial charge on any atom is -0.333 e. The van der Waals surface area contributed by atoms with Crippen molar-refractivity contribution >= 4 is 34.4 Å². The van der Waals surface area contributed by atoms with Crippen LogP contribution in [0.15, 0.2) is 47.6 Å². The smallest absolute Gasteiger partial charge is 0.237 e. The number of hydrogen-bond acceptors (Lipinski definition) is 3. The number of para-hydroxylation sites is 2. The molecule has 1 aromatic heterocycles. The van der Waals surface area contributed by atoms with Crippen LogP contribution in [0, 0.1) is 13.8 Å². The van der Waals surface area contributed by atoms with Crippen molar-refractivity contribution < 1.29 is 4.79 Å². The fraction of sp³-hybridized carbons (Fsp3) is 0.222.